The second kappa shape index (κ2) is 7.99. The fourth-order valence-electron chi connectivity index (χ4n) is 3.26. The van der Waals surface area contributed by atoms with Gasteiger partial charge in [0, 0.05) is 13.0 Å². The predicted molar refractivity (Wildman–Crippen MR) is 80.7 cm³/mol. The van der Waals surface area contributed by atoms with Crippen molar-refractivity contribution in [1.29, 1.82) is 0 Å². The molecule has 2 aliphatic rings. The summed E-state index contributed by atoms with van der Waals surface area (Å²) in [7, 11) is 0. The van der Waals surface area contributed by atoms with Gasteiger partial charge in [-0.25, -0.2) is 0 Å². The summed E-state index contributed by atoms with van der Waals surface area (Å²) in [5, 5.41) is 6.41. The lowest BCUT2D eigenvalue weighted by molar-refractivity contribution is -0.123. The third kappa shape index (κ3) is 5.41. The van der Waals surface area contributed by atoms with Gasteiger partial charge in [-0.15, -0.1) is 0 Å². The van der Waals surface area contributed by atoms with Gasteiger partial charge in [0.15, 0.2) is 0 Å². The quantitative estimate of drug-likeness (QED) is 0.785. The SMILES string of the molecule is CC1(CNC(=O)CCOC2CCNCC2)CCCCC1. The summed E-state index contributed by atoms with van der Waals surface area (Å²) in [5.41, 5.74) is 0.323. The minimum Gasteiger partial charge on any atom is -0.378 e. The van der Waals surface area contributed by atoms with Gasteiger partial charge < -0.3 is 15.4 Å². The number of amides is 1. The lowest BCUT2D eigenvalue weighted by Gasteiger charge is -2.33. The summed E-state index contributed by atoms with van der Waals surface area (Å²) in [6.07, 6.45) is 9.46. The standard InChI is InChI=1S/C16H30N2O2/c1-16(8-3-2-4-9-16)13-18-15(19)7-12-20-14-5-10-17-11-6-14/h14,17H,2-13H2,1H3,(H,18,19). The van der Waals surface area contributed by atoms with Crippen molar-refractivity contribution in [2.24, 2.45) is 5.41 Å². The van der Waals surface area contributed by atoms with Crippen molar-refractivity contribution < 1.29 is 9.53 Å². The van der Waals surface area contributed by atoms with E-state index in [-0.39, 0.29) is 5.91 Å². The summed E-state index contributed by atoms with van der Waals surface area (Å²) in [4.78, 5) is 11.9. The van der Waals surface area contributed by atoms with Crippen LogP contribution in [0.1, 0.15) is 58.3 Å². The van der Waals surface area contributed by atoms with E-state index < -0.39 is 0 Å². The smallest absolute Gasteiger partial charge is 0.222 e. The van der Waals surface area contributed by atoms with Gasteiger partial charge >= 0.3 is 0 Å². The molecule has 1 aliphatic heterocycles. The molecule has 0 aromatic heterocycles. The number of nitrogens with one attached hydrogen (secondary N) is 2. The van der Waals surface area contributed by atoms with E-state index in [9.17, 15) is 4.79 Å². The molecule has 2 rings (SSSR count). The first-order chi connectivity index (χ1) is 9.68. The molecular weight excluding hydrogens is 252 g/mol. The highest BCUT2D eigenvalue weighted by Gasteiger charge is 2.27. The van der Waals surface area contributed by atoms with Crippen LogP contribution in [0.4, 0.5) is 0 Å². The van der Waals surface area contributed by atoms with Crippen LogP contribution in [-0.2, 0) is 9.53 Å². The third-order valence-corrected chi connectivity index (χ3v) is 4.74. The maximum absolute atomic E-state index is 11.9. The molecule has 4 heteroatoms. The number of rotatable bonds is 6. The first kappa shape index (κ1) is 15.8. The van der Waals surface area contributed by atoms with Crippen LogP contribution >= 0.6 is 0 Å². The van der Waals surface area contributed by atoms with Gasteiger partial charge in [-0.3, -0.25) is 4.79 Å². The first-order valence-electron chi connectivity index (χ1n) is 8.27. The molecule has 2 N–H and O–H groups in total. The molecular formula is C16H30N2O2. The highest BCUT2D eigenvalue weighted by Crippen LogP contribution is 2.34. The fraction of sp³-hybridized carbons (Fsp3) is 0.938. The molecule has 0 radical (unpaired) electrons. The van der Waals surface area contributed by atoms with E-state index in [0.717, 1.165) is 32.5 Å². The average molecular weight is 282 g/mol. The molecule has 0 unspecified atom stereocenters. The Hall–Kier alpha value is -0.610. The summed E-state index contributed by atoms with van der Waals surface area (Å²) in [6.45, 7) is 5.77. The topological polar surface area (TPSA) is 50.4 Å². The maximum atomic E-state index is 11.9. The summed E-state index contributed by atoms with van der Waals surface area (Å²) in [5.74, 6) is 0.144. The van der Waals surface area contributed by atoms with Gasteiger partial charge in [-0.2, -0.15) is 0 Å². The molecule has 0 aromatic rings. The first-order valence-corrected chi connectivity index (χ1v) is 8.27. The normalized spacial score (nSPS) is 23.4. The Kier molecular flexibility index (Phi) is 6.30. The predicted octanol–water partition coefficient (Wildman–Crippen LogP) is 2.23. The monoisotopic (exact) mass is 282 g/mol. The van der Waals surface area contributed by atoms with E-state index in [2.05, 4.69) is 17.6 Å². The van der Waals surface area contributed by atoms with Crippen molar-refractivity contribution in [1.82, 2.24) is 10.6 Å². The molecule has 2 fully saturated rings. The van der Waals surface area contributed by atoms with E-state index in [4.69, 9.17) is 4.74 Å². The van der Waals surface area contributed by atoms with Crippen molar-refractivity contribution in [3.8, 4) is 0 Å². The van der Waals surface area contributed by atoms with Crippen LogP contribution in [0.5, 0.6) is 0 Å². The summed E-state index contributed by atoms with van der Waals surface area (Å²) < 4.78 is 5.77. The van der Waals surface area contributed by atoms with Crippen LogP contribution in [0.2, 0.25) is 0 Å². The molecule has 0 spiro atoms. The van der Waals surface area contributed by atoms with E-state index in [0.29, 0.717) is 24.5 Å². The zero-order chi connectivity index (χ0) is 14.3. The molecule has 0 bridgehead atoms. The summed E-state index contributed by atoms with van der Waals surface area (Å²) in [6, 6.07) is 0. The molecule has 1 heterocycles. The fourth-order valence-corrected chi connectivity index (χ4v) is 3.26. The lowest BCUT2D eigenvalue weighted by Crippen LogP contribution is -2.37. The zero-order valence-corrected chi connectivity index (χ0v) is 12.9. The largest absolute Gasteiger partial charge is 0.378 e. The van der Waals surface area contributed by atoms with E-state index >= 15 is 0 Å². The number of carbonyl (C=O) groups excluding carboxylic acids is 1. The van der Waals surface area contributed by atoms with Gasteiger partial charge in [-0.05, 0) is 44.2 Å². The highest BCUT2D eigenvalue weighted by atomic mass is 16.5. The second-order valence-corrected chi connectivity index (χ2v) is 6.72. The Morgan fingerprint density at radius 1 is 1.25 bits per heavy atom. The summed E-state index contributed by atoms with van der Waals surface area (Å²) >= 11 is 0. The van der Waals surface area contributed by atoms with Crippen molar-refractivity contribution in [3.05, 3.63) is 0 Å². The van der Waals surface area contributed by atoms with Crippen molar-refractivity contribution in [2.45, 2.75) is 64.4 Å². The van der Waals surface area contributed by atoms with Crippen LogP contribution in [0.15, 0.2) is 0 Å². The molecule has 116 valence electrons. The van der Waals surface area contributed by atoms with Gasteiger partial charge in [0.05, 0.1) is 12.7 Å². The second-order valence-electron chi connectivity index (χ2n) is 6.72. The number of carbonyl (C=O) groups is 1. The Morgan fingerprint density at radius 2 is 1.95 bits per heavy atom. The maximum Gasteiger partial charge on any atom is 0.222 e. The van der Waals surface area contributed by atoms with Crippen LogP contribution in [0, 0.1) is 5.41 Å². The molecule has 4 nitrogen and oxygen atoms in total. The molecule has 0 aromatic carbocycles. The molecule has 1 saturated heterocycles. The van der Waals surface area contributed by atoms with Gasteiger partial charge in [0.25, 0.3) is 0 Å². The molecule has 1 aliphatic carbocycles. The van der Waals surface area contributed by atoms with Crippen molar-refractivity contribution in [2.75, 3.05) is 26.2 Å². The van der Waals surface area contributed by atoms with Gasteiger partial charge in [-0.1, -0.05) is 26.2 Å². The Morgan fingerprint density at radius 3 is 2.65 bits per heavy atom. The minimum absolute atomic E-state index is 0.144. The Labute approximate surface area is 123 Å². The average Bonchev–Trinajstić information content (AvgIpc) is 2.47. The third-order valence-electron chi connectivity index (χ3n) is 4.74. The molecule has 0 atom stereocenters. The van der Waals surface area contributed by atoms with E-state index in [1.54, 1.807) is 0 Å². The van der Waals surface area contributed by atoms with E-state index in [1.165, 1.54) is 32.1 Å². The molecule has 20 heavy (non-hydrogen) atoms. The van der Waals surface area contributed by atoms with Crippen LogP contribution in [0.3, 0.4) is 0 Å². The number of ether oxygens (including phenoxy) is 1. The molecule has 1 amide bonds. The van der Waals surface area contributed by atoms with Crippen LogP contribution in [0.25, 0.3) is 0 Å². The lowest BCUT2D eigenvalue weighted by atomic mass is 9.76. The zero-order valence-electron chi connectivity index (χ0n) is 12.9. The highest BCUT2D eigenvalue weighted by molar-refractivity contribution is 5.75. The number of hydrogen-bond donors (Lipinski definition) is 2. The van der Waals surface area contributed by atoms with Gasteiger partial charge in [0.2, 0.25) is 5.91 Å². The Bertz CT molecular complexity index is 295. The van der Waals surface area contributed by atoms with Crippen molar-refractivity contribution in [3.63, 3.8) is 0 Å². The van der Waals surface area contributed by atoms with E-state index in [1.807, 2.05) is 0 Å². The van der Waals surface area contributed by atoms with Crippen molar-refractivity contribution >= 4 is 5.91 Å². The minimum atomic E-state index is 0.144. The number of hydrogen-bond acceptors (Lipinski definition) is 3. The van der Waals surface area contributed by atoms with Crippen LogP contribution < -0.4 is 10.6 Å². The van der Waals surface area contributed by atoms with Crippen LogP contribution in [-0.4, -0.2) is 38.3 Å². The molecule has 1 saturated carbocycles. The Balaban J connectivity index is 1.55. The van der Waals surface area contributed by atoms with Gasteiger partial charge in [0.1, 0.15) is 0 Å². The number of piperidine rings is 1.